The fourth-order valence-electron chi connectivity index (χ4n) is 1.19. The molecule has 6 nitrogen and oxygen atoms in total. The third-order valence-electron chi connectivity index (χ3n) is 2.12. The minimum Gasteiger partial charge on any atom is -0.462 e. The molecule has 0 bridgehead atoms. The van der Waals surface area contributed by atoms with Gasteiger partial charge in [-0.15, -0.1) is 0 Å². The Bertz CT molecular complexity index is 259. The van der Waals surface area contributed by atoms with Crippen LogP contribution < -0.4 is 0 Å². The maximum atomic E-state index is 11.2. The van der Waals surface area contributed by atoms with Crippen molar-refractivity contribution in [2.24, 2.45) is 0 Å². The van der Waals surface area contributed by atoms with Gasteiger partial charge in [-0.3, -0.25) is 0 Å². The third-order valence-corrected chi connectivity index (χ3v) is 2.12. The fraction of sp³-hybridized carbons (Fsp3) is 0.714. The molecule has 0 aliphatic heterocycles. The van der Waals surface area contributed by atoms with Gasteiger partial charge in [-0.05, 0) is 13.8 Å². The molecule has 20 heavy (non-hydrogen) atoms. The predicted molar refractivity (Wildman–Crippen MR) is 73.3 cm³/mol. The number of ether oxygens (including phenoxy) is 4. The molecule has 0 unspecified atom stereocenters. The van der Waals surface area contributed by atoms with Crippen molar-refractivity contribution in [3.8, 4) is 0 Å². The van der Waals surface area contributed by atoms with Crippen molar-refractivity contribution in [3.05, 3.63) is 12.2 Å². The summed E-state index contributed by atoms with van der Waals surface area (Å²) in [5.74, 6) is -1.12. The van der Waals surface area contributed by atoms with Crippen LogP contribution in [0.15, 0.2) is 12.2 Å². The highest BCUT2D eigenvalue weighted by Crippen LogP contribution is 1.91. The first-order chi connectivity index (χ1) is 9.70. The molecule has 0 N–H and O–H groups in total. The minimum absolute atomic E-state index is 0.270. The zero-order valence-corrected chi connectivity index (χ0v) is 12.3. The van der Waals surface area contributed by atoms with Crippen molar-refractivity contribution in [1.29, 1.82) is 0 Å². The first-order valence-corrected chi connectivity index (χ1v) is 6.87. The highest BCUT2D eigenvalue weighted by Gasteiger charge is 2.01. The molecule has 0 saturated carbocycles. The summed E-state index contributed by atoms with van der Waals surface area (Å²) in [6.45, 7) is 6.72. The Morgan fingerprint density at radius 1 is 0.750 bits per heavy atom. The van der Waals surface area contributed by atoms with Crippen LogP contribution >= 0.6 is 0 Å². The van der Waals surface area contributed by atoms with E-state index < -0.39 is 11.9 Å². The molecule has 6 heteroatoms. The number of hydrogen-bond donors (Lipinski definition) is 0. The van der Waals surface area contributed by atoms with Gasteiger partial charge >= 0.3 is 11.9 Å². The maximum Gasteiger partial charge on any atom is 0.331 e. The van der Waals surface area contributed by atoms with Gasteiger partial charge in [0.15, 0.2) is 0 Å². The van der Waals surface area contributed by atoms with E-state index in [1.54, 1.807) is 0 Å². The van der Waals surface area contributed by atoms with E-state index >= 15 is 0 Å². The van der Waals surface area contributed by atoms with Gasteiger partial charge in [-0.25, -0.2) is 9.59 Å². The van der Waals surface area contributed by atoms with Gasteiger partial charge in [0.05, 0.1) is 13.2 Å². The van der Waals surface area contributed by atoms with Crippen LogP contribution in [0.3, 0.4) is 0 Å². The smallest absolute Gasteiger partial charge is 0.331 e. The Morgan fingerprint density at radius 2 is 1.15 bits per heavy atom. The zero-order chi connectivity index (χ0) is 15.1. The van der Waals surface area contributed by atoms with E-state index in [2.05, 4.69) is 0 Å². The summed E-state index contributed by atoms with van der Waals surface area (Å²) in [7, 11) is 0. The minimum atomic E-state index is -0.562. The molecule has 0 spiro atoms. The molecule has 0 saturated heterocycles. The summed E-state index contributed by atoms with van der Waals surface area (Å²) in [6, 6.07) is 0. The second-order valence-electron chi connectivity index (χ2n) is 3.77. The van der Waals surface area contributed by atoms with E-state index in [1.807, 2.05) is 13.8 Å². The van der Waals surface area contributed by atoms with Crippen LogP contribution in [0.1, 0.15) is 26.7 Å². The number of rotatable bonds is 12. The van der Waals surface area contributed by atoms with Gasteiger partial charge in [0.1, 0.15) is 0 Å². The normalized spacial score (nSPS) is 10.7. The molecule has 0 amide bonds. The predicted octanol–water partition coefficient (Wildman–Crippen LogP) is 1.48. The number of carbonyl (C=O) groups is 2. The molecule has 0 atom stereocenters. The SMILES string of the molecule is CCOCCCOC(=O)/C=C\C(=O)OCCCOCC. The van der Waals surface area contributed by atoms with Crippen LogP contribution in [0.5, 0.6) is 0 Å². The molecule has 0 heterocycles. The van der Waals surface area contributed by atoms with Crippen LogP contribution in [0.25, 0.3) is 0 Å². The van der Waals surface area contributed by atoms with E-state index in [0.29, 0.717) is 39.3 Å². The summed E-state index contributed by atoms with van der Waals surface area (Å²) in [5.41, 5.74) is 0. The Kier molecular flexibility index (Phi) is 13.0. The summed E-state index contributed by atoms with van der Waals surface area (Å²) in [4.78, 5) is 22.4. The second-order valence-corrected chi connectivity index (χ2v) is 3.77. The maximum absolute atomic E-state index is 11.2. The standard InChI is InChI=1S/C14H24O6/c1-3-17-9-5-11-19-13(15)7-8-14(16)20-12-6-10-18-4-2/h7-8H,3-6,9-12H2,1-2H3/b8-7-. The van der Waals surface area contributed by atoms with Crippen LogP contribution in [-0.4, -0.2) is 51.6 Å². The Morgan fingerprint density at radius 3 is 1.50 bits per heavy atom. The number of carbonyl (C=O) groups excluding carboxylic acids is 2. The third kappa shape index (κ3) is 13.0. The lowest BCUT2D eigenvalue weighted by Crippen LogP contribution is -2.08. The Balaban J connectivity index is 3.54. The lowest BCUT2D eigenvalue weighted by molar-refractivity contribution is -0.140. The first kappa shape index (κ1) is 18.6. The number of hydrogen-bond acceptors (Lipinski definition) is 6. The lowest BCUT2D eigenvalue weighted by atomic mass is 10.4. The molecule has 0 rings (SSSR count). The highest BCUT2D eigenvalue weighted by molar-refractivity contribution is 5.91. The quantitative estimate of drug-likeness (QED) is 0.308. The molecule has 0 aliphatic rings. The zero-order valence-electron chi connectivity index (χ0n) is 12.3. The van der Waals surface area contributed by atoms with Crippen LogP contribution in [0, 0.1) is 0 Å². The van der Waals surface area contributed by atoms with E-state index in [4.69, 9.17) is 18.9 Å². The summed E-state index contributed by atoms with van der Waals surface area (Å²) >= 11 is 0. The van der Waals surface area contributed by atoms with E-state index in [9.17, 15) is 9.59 Å². The van der Waals surface area contributed by atoms with Gasteiger partial charge < -0.3 is 18.9 Å². The monoisotopic (exact) mass is 288 g/mol. The summed E-state index contributed by atoms with van der Waals surface area (Å²) in [6.07, 6.45) is 3.39. The van der Waals surface area contributed by atoms with E-state index in [1.165, 1.54) is 0 Å². The van der Waals surface area contributed by atoms with Crippen molar-refractivity contribution in [1.82, 2.24) is 0 Å². The van der Waals surface area contributed by atoms with Crippen molar-refractivity contribution in [2.75, 3.05) is 39.6 Å². The Hall–Kier alpha value is -1.40. The summed E-state index contributed by atoms with van der Waals surface area (Å²) in [5, 5.41) is 0. The lowest BCUT2D eigenvalue weighted by Gasteiger charge is -2.03. The molecule has 0 aromatic carbocycles. The highest BCUT2D eigenvalue weighted by atomic mass is 16.5. The molecule has 0 fully saturated rings. The second kappa shape index (κ2) is 14.0. The van der Waals surface area contributed by atoms with Gasteiger partial charge in [-0.1, -0.05) is 0 Å². The fourth-order valence-corrected chi connectivity index (χ4v) is 1.19. The average Bonchev–Trinajstić information content (AvgIpc) is 2.44. The number of esters is 2. The average molecular weight is 288 g/mol. The van der Waals surface area contributed by atoms with Crippen LogP contribution in [0.4, 0.5) is 0 Å². The molecule has 116 valence electrons. The summed E-state index contributed by atoms with van der Waals surface area (Å²) < 4.78 is 19.9. The van der Waals surface area contributed by atoms with Crippen LogP contribution in [-0.2, 0) is 28.5 Å². The molecular formula is C14H24O6. The van der Waals surface area contributed by atoms with Gasteiger partial charge in [0.2, 0.25) is 0 Å². The molecule has 0 radical (unpaired) electrons. The van der Waals surface area contributed by atoms with Gasteiger partial charge in [0, 0.05) is 51.4 Å². The van der Waals surface area contributed by atoms with E-state index in [0.717, 1.165) is 12.2 Å². The van der Waals surface area contributed by atoms with Gasteiger partial charge in [0.25, 0.3) is 0 Å². The molecule has 0 aromatic heterocycles. The molecule has 0 aromatic rings. The van der Waals surface area contributed by atoms with Crippen LogP contribution in [0.2, 0.25) is 0 Å². The van der Waals surface area contributed by atoms with Crippen molar-refractivity contribution in [2.45, 2.75) is 26.7 Å². The molecule has 0 aliphatic carbocycles. The van der Waals surface area contributed by atoms with Crippen molar-refractivity contribution < 1.29 is 28.5 Å². The molecular weight excluding hydrogens is 264 g/mol. The Labute approximate surface area is 120 Å². The van der Waals surface area contributed by atoms with E-state index in [-0.39, 0.29) is 13.2 Å². The van der Waals surface area contributed by atoms with Crippen molar-refractivity contribution >= 4 is 11.9 Å². The topological polar surface area (TPSA) is 71.1 Å². The van der Waals surface area contributed by atoms with Gasteiger partial charge in [-0.2, -0.15) is 0 Å². The van der Waals surface area contributed by atoms with Crippen molar-refractivity contribution in [3.63, 3.8) is 0 Å². The largest absolute Gasteiger partial charge is 0.462 e. The first-order valence-electron chi connectivity index (χ1n) is 6.87.